The Balaban J connectivity index is 1.95. The lowest BCUT2D eigenvalue weighted by Crippen LogP contribution is -2.15. The van der Waals surface area contributed by atoms with Crippen molar-refractivity contribution in [1.82, 2.24) is 19.7 Å². The highest BCUT2D eigenvalue weighted by molar-refractivity contribution is 6.02. The van der Waals surface area contributed by atoms with E-state index in [4.69, 9.17) is 0 Å². The number of amides is 1. The lowest BCUT2D eigenvalue weighted by molar-refractivity contribution is 0.102. The van der Waals surface area contributed by atoms with E-state index in [0.717, 1.165) is 18.2 Å². The van der Waals surface area contributed by atoms with E-state index in [1.54, 1.807) is 30.9 Å². The molecule has 0 saturated carbocycles. The van der Waals surface area contributed by atoms with Gasteiger partial charge in [-0.3, -0.25) is 9.48 Å². The molecule has 24 heavy (non-hydrogen) atoms. The van der Waals surface area contributed by atoms with Gasteiger partial charge in [0.15, 0.2) is 5.82 Å². The molecule has 0 unspecified atom stereocenters. The van der Waals surface area contributed by atoms with Crippen molar-refractivity contribution < 1.29 is 13.6 Å². The maximum absolute atomic E-state index is 13.4. The molecule has 0 aliphatic heterocycles. The summed E-state index contributed by atoms with van der Waals surface area (Å²) in [4.78, 5) is 20.5. The molecule has 0 aliphatic rings. The number of aryl methyl sites for hydroxylation is 2. The fourth-order valence-corrected chi connectivity index (χ4v) is 2.20. The van der Waals surface area contributed by atoms with Gasteiger partial charge in [0.1, 0.15) is 23.2 Å². The molecule has 122 valence electrons. The Morgan fingerprint density at radius 1 is 1.12 bits per heavy atom. The van der Waals surface area contributed by atoms with Crippen LogP contribution in [0.1, 0.15) is 16.3 Å². The number of anilines is 1. The standard InChI is InChI=1S/C16H13F2N5O/c1-9-19-13(10-5-11(17)7-12(18)6-10)8-14(20-9)16(24)21-15-3-4-23(2)22-15/h3-8H,1-2H3,(H,21,22,24). The molecule has 3 rings (SSSR count). The van der Waals surface area contributed by atoms with Gasteiger partial charge in [0, 0.05) is 30.9 Å². The van der Waals surface area contributed by atoms with Crippen LogP contribution in [0.4, 0.5) is 14.6 Å². The summed E-state index contributed by atoms with van der Waals surface area (Å²) in [5.74, 6) is -1.25. The molecule has 1 amide bonds. The van der Waals surface area contributed by atoms with E-state index in [2.05, 4.69) is 20.4 Å². The fourth-order valence-electron chi connectivity index (χ4n) is 2.20. The monoisotopic (exact) mass is 329 g/mol. The van der Waals surface area contributed by atoms with Gasteiger partial charge in [0.2, 0.25) is 0 Å². The van der Waals surface area contributed by atoms with Crippen molar-refractivity contribution >= 4 is 11.7 Å². The van der Waals surface area contributed by atoms with Crippen molar-refractivity contribution in [3.8, 4) is 11.3 Å². The number of benzene rings is 1. The average Bonchev–Trinajstić information content (AvgIpc) is 2.90. The van der Waals surface area contributed by atoms with Crippen molar-refractivity contribution in [2.75, 3.05) is 5.32 Å². The SMILES string of the molecule is Cc1nc(C(=O)Nc2ccn(C)n2)cc(-c2cc(F)cc(F)c2)n1. The summed E-state index contributed by atoms with van der Waals surface area (Å²) in [5.41, 5.74) is 0.560. The highest BCUT2D eigenvalue weighted by Gasteiger charge is 2.14. The van der Waals surface area contributed by atoms with Gasteiger partial charge in [-0.25, -0.2) is 18.7 Å². The fraction of sp³-hybridized carbons (Fsp3) is 0.125. The Bertz CT molecular complexity index is 902. The van der Waals surface area contributed by atoms with Crippen molar-refractivity contribution in [3.63, 3.8) is 0 Å². The van der Waals surface area contributed by atoms with E-state index in [1.165, 1.54) is 6.07 Å². The predicted octanol–water partition coefficient (Wildman–Crippen LogP) is 2.72. The first-order chi connectivity index (χ1) is 11.4. The molecule has 0 fully saturated rings. The summed E-state index contributed by atoms with van der Waals surface area (Å²) in [5, 5.41) is 6.64. The first-order valence-corrected chi connectivity index (χ1v) is 7.04. The molecular formula is C16H13F2N5O. The predicted molar refractivity (Wildman–Crippen MR) is 83.3 cm³/mol. The van der Waals surface area contributed by atoms with Crippen LogP contribution >= 0.6 is 0 Å². The molecule has 0 aliphatic carbocycles. The van der Waals surface area contributed by atoms with Gasteiger partial charge >= 0.3 is 0 Å². The summed E-state index contributed by atoms with van der Waals surface area (Å²) >= 11 is 0. The highest BCUT2D eigenvalue weighted by Crippen LogP contribution is 2.21. The summed E-state index contributed by atoms with van der Waals surface area (Å²) in [7, 11) is 1.72. The van der Waals surface area contributed by atoms with Gasteiger partial charge in [-0.05, 0) is 25.1 Å². The van der Waals surface area contributed by atoms with Gasteiger partial charge in [-0.15, -0.1) is 0 Å². The van der Waals surface area contributed by atoms with Crippen molar-refractivity contribution in [2.24, 2.45) is 7.05 Å². The Kier molecular flexibility index (Phi) is 4.03. The minimum atomic E-state index is -0.722. The number of hydrogen-bond acceptors (Lipinski definition) is 4. The van der Waals surface area contributed by atoms with Crippen LogP contribution in [0.2, 0.25) is 0 Å². The van der Waals surface area contributed by atoms with Crippen LogP contribution in [0.25, 0.3) is 11.3 Å². The number of nitrogens with one attached hydrogen (secondary N) is 1. The second-order valence-corrected chi connectivity index (χ2v) is 5.17. The molecular weight excluding hydrogens is 316 g/mol. The molecule has 6 nitrogen and oxygen atoms in total. The van der Waals surface area contributed by atoms with Crippen LogP contribution in [0, 0.1) is 18.6 Å². The maximum Gasteiger partial charge on any atom is 0.275 e. The van der Waals surface area contributed by atoms with Crippen LogP contribution in [0.5, 0.6) is 0 Å². The molecule has 0 radical (unpaired) electrons. The first kappa shape index (κ1) is 15.7. The lowest BCUT2D eigenvalue weighted by atomic mass is 10.1. The van der Waals surface area contributed by atoms with E-state index in [1.807, 2.05) is 0 Å². The van der Waals surface area contributed by atoms with Crippen LogP contribution < -0.4 is 5.32 Å². The molecule has 1 aromatic carbocycles. The van der Waals surface area contributed by atoms with Crippen LogP contribution in [-0.2, 0) is 7.05 Å². The summed E-state index contributed by atoms with van der Waals surface area (Å²) in [6.07, 6.45) is 1.68. The van der Waals surface area contributed by atoms with Gasteiger partial charge in [0.25, 0.3) is 5.91 Å². The normalized spacial score (nSPS) is 10.7. The Hall–Kier alpha value is -3.16. The minimum absolute atomic E-state index is 0.0767. The van der Waals surface area contributed by atoms with Gasteiger partial charge in [0.05, 0.1) is 5.69 Å². The summed E-state index contributed by atoms with van der Waals surface area (Å²) < 4.78 is 28.3. The smallest absolute Gasteiger partial charge is 0.275 e. The molecule has 0 atom stereocenters. The van der Waals surface area contributed by atoms with E-state index < -0.39 is 17.5 Å². The van der Waals surface area contributed by atoms with Crippen molar-refractivity contribution in [1.29, 1.82) is 0 Å². The van der Waals surface area contributed by atoms with E-state index in [-0.39, 0.29) is 17.0 Å². The number of hydrogen-bond donors (Lipinski definition) is 1. The van der Waals surface area contributed by atoms with Crippen molar-refractivity contribution in [2.45, 2.75) is 6.92 Å². The molecule has 8 heteroatoms. The number of rotatable bonds is 3. The van der Waals surface area contributed by atoms with Gasteiger partial charge < -0.3 is 5.32 Å². The van der Waals surface area contributed by atoms with Crippen molar-refractivity contribution in [3.05, 3.63) is 59.7 Å². The zero-order valence-electron chi connectivity index (χ0n) is 12.9. The summed E-state index contributed by atoms with van der Waals surface area (Å²) in [6, 6.07) is 6.07. The second kappa shape index (κ2) is 6.15. The molecule has 1 N–H and O–H groups in total. The van der Waals surface area contributed by atoms with E-state index in [9.17, 15) is 13.6 Å². The molecule has 0 saturated heterocycles. The third-order valence-electron chi connectivity index (χ3n) is 3.18. The third kappa shape index (κ3) is 3.43. The Morgan fingerprint density at radius 3 is 2.46 bits per heavy atom. The molecule has 2 heterocycles. The van der Waals surface area contributed by atoms with Gasteiger partial charge in [-0.2, -0.15) is 5.10 Å². The quantitative estimate of drug-likeness (QED) is 0.802. The first-order valence-electron chi connectivity index (χ1n) is 7.04. The molecule has 3 aromatic rings. The average molecular weight is 329 g/mol. The van der Waals surface area contributed by atoms with Crippen LogP contribution in [0.15, 0.2) is 36.5 Å². The number of carbonyl (C=O) groups excluding carboxylic acids is 1. The third-order valence-corrected chi connectivity index (χ3v) is 3.18. The molecule has 0 spiro atoms. The van der Waals surface area contributed by atoms with E-state index in [0.29, 0.717) is 11.6 Å². The Morgan fingerprint density at radius 2 is 1.83 bits per heavy atom. The number of nitrogens with zero attached hydrogens (tertiary/aromatic N) is 4. The highest BCUT2D eigenvalue weighted by atomic mass is 19.1. The topological polar surface area (TPSA) is 72.7 Å². The van der Waals surface area contributed by atoms with E-state index >= 15 is 0 Å². The minimum Gasteiger partial charge on any atom is -0.304 e. The summed E-state index contributed by atoms with van der Waals surface area (Å²) in [6.45, 7) is 1.59. The maximum atomic E-state index is 13.4. The van der Waals surface area contributed by atoms with Crippen LogP contribution in [-0.4, -0.2) is 25.7 Å². The largest absolute Gasteiger partial charge is 0.304 e. The molecule has 0 bridgehead atoms. The molecule has 2 aromatic heterocycles. The number of halogens is 2. The van der Waals surface area contributed by atoms with Gasteiger partial charge in [-0.1, -0.05) is 0 Å². The van der Waals surface area contributed by atoms with Crippen LogP contribution in [0.3, 0.4) is 0 Å². The number of aromatic nitrogens is 4. The zero-order valence-corrected chi connectivity index (χ0v) is 12.9. The number of carbonyl (C=O) groups is 1. The lowest BCUT2D eigenvalue weighted by Gasteiger charge is -2.07. The Labute approximate surface area is 136 Å². The zero-order chi connectivity index (χ0) is 17.3. The second-order valence-electron chi connectivity index (χ2n) is 5.17.